The summed E-state index contributed by atoms with van der Waals surface area (Å²) < 4.78 is 39.2. The minimum atomic E-state index is -3.78. The highest BCUT2D eigenvalue weighted by Gasteiger charge is 2.39. The summed E-state index contributed by atoms with van der Waals surface area (Å²) in [6.07, 6.45) is 0.215. The average molecular weight is 550 g/mol. The lowest BCUT2D eigenvalue weighted by molar-refractivity contribution is -0.129. The number of carbonyl (C=O) groups excluding carboxylic acids is 2. The van der Waals surface area contributed by atoms with Gasteiger partial charge < -0.3 is 19.7 Å². The predicted molar refractivity (Wildman–Crippen MR) is 146 cm³/mol. The number of piperidine rings is 1. The minimum absolute atomic E-state index is 0.0399. The maximum Gasteiger partial charge on any atom is 0.263 e. The summed E-state index contributed by atoms with van der Waals surface area (Å²) in [5.74, 6) is -0.0878. The van der Waals surface area contributed by atoms with Crippen molar-refractivity contribution < 1.29 is 27.5 Å². The highest BCUT2D eigenvalue weighted by molar-refractivity contribution is 7.89. The van der Waals surface area contributed by atoms with Gasteiger partial charge in [0.1, 0.15) is 11.5 Å². The number of methoxy groups -OCH3 is 1. The van der Waals surface area contributed by atoms with Gasteiger partial charge in [-0.2, -0.15) is 4.31 Å². The fourth-order valence-corrected chi connectivity index (χ4v) is 6.48. The second-order valence-corrected chi connectivity index (χ2v) is 11.5. The Morgan fingerprint density at radius 3 is 2.44 bits per heavy atom. The number of para-hydroxylation sites is 2. The Morgan fingerprint density at radius 1 is 0.974 bits per heavy atom. The number of nitrogens with zero attached hydrogens (tertiary/aromatic N) is 2. The monoisotopic (exact) mass is 549 g/mol. The lowest BCUT2D eigenvalue weighted by atomic mass is 9.97. The Balaban J connectivity index is 1.32. The molecule has 2 heterocycles. The zero-order chi connectivity index (χ0) is 27.4. The maximum absolute atomic E-state index is 13.9. The molecule has 5 rings (SSSR count). The van der Waals surface area contributed by atoms with Gasteiger partial charge in [0.05, 0.1) is 30.2 Å². The number of anilines is 1. The topological polar surface area (TPSA) is 105 Å². The van der Waals surface area contributed by atoms with Crippen LogP contribution in [0.4, 0.5) is 5.69 Å². The highest BCUT2D eigenvalue weighted by atomic mass is 32.2. The summed E-state index contributed by atoms with van der Waals surface area (Å²) in [7, 11) is -2.26. The molecule has 1 saturated heterocycles. The third-order valence-corrected chi connectivity index (χ3v) is 8.95. The molecule has 2 aliphatic heterocycles. The van der Waals surface area contributed by atoms with Gasteiger partial charge in [-0.1, -0.05) is 42.5 Å². The molecular weight excluding hydrogens is 518 g/mol. The van der Waals surface area contributed by atoms with E-state index in [2.05, 4.69) is 5.32 Å². The third-order valence-electron chi connectivity index (χ3n) is 7.07. The number of hydrogen-bond acceptors (Lipinski definition) is 6. The first-order valence-corrected chi connectivity index (χ1v) is 14.3. The summed E-state index contributed by atoms with van der Waals surface area (Å²) in [5, 5.41) is 2.89. The lowest BCUT2D eigenvalue weighted by Gasteiger charge is -2.38. The van der Waals surface area contributed by atoms with Crippen LogP contribution in [0.25, 0.3) is 0 Å². The summed E-state index contributed by atoms with van der Waals surface area (Å²) in [4.78, 5) is 28.6. The molecule has 0 spiro atoms. The summed E-state index contributed by atoms with van der Waals surface area (Å²) in [6.45, 7) is 0.786. The van der Waals surface area contributed by atoms with E-state index in [0.29, 0.717) is 43.1 Å². The van der Waals surface area contributed by atoms with Crippen LogP contribution in [0.15, 0.2) is 83.8 Å². The molecule has 1 N–H and O–H groups in total. The van der Waals surface area contributed by atoms with Crippen molar-refractivity contribution in [3.8, 4) is 11.5 Å². The van der Waals surface area contributed by atoms with Crippen molar-refractivity contribution in [1.82, 2.24) is 9.62 Å². The van der Waals surface area contributed by atoms with Crippen molar-refractivity contribution in [2.75, 3.05) is 31.6 Å². The number of fused-ring (bicyclic) bond motifs is 1. The Morgan fingerprint density at radius 2 is 1.69 bits per heavy atom. The number of rotatable bonds is 7. The average Bonchev–Trinajstić information content (AvgIpc) is 2.99. The molecule has 2 aliphatic rings. The van der Waals surface area contributed by atoms with E-state index in [-0.39, 0.29) is 29.8 Å². The second-order valence-electron chi connectivity index (χ2n) is 9.60. The Labute approximate surface area is 228 Å². The molecule has 0 bridgehead atoms. The van der Waals surface area contributed by atoms with E-state index < -0.39 is 22.0 Å². The maximum atomic E-state index is 13.9. The van der Waals surface area contributed by atoms with Gasteiger partial charge in [0.15, 0.2) is 6.10 Å². The molecule has 0 radical (unpaired) electrons. The van der Waals surface area contributed by atoms with E-state index in [0.717, 1.165) is 5.56 Å². The van der Waals surface area contributed by atoms with Gasteiger partial charge in [-0.15, -0.1) is 0 Å². The van der Waals surface area contributed by atoms with E-state index in [1.54, 1.807) is 41.3 Å². The largest absolute Gasteiger partial charge is 0.497 e. The first-order chi connectivity index (χ1) is 18.9. The van der Waals surface area contributed by atoms with Crippen molar-refractivity contribution in [3.05, 3.63) is 84.4 Å². The molecule has 3 aromatic rings. The molecule has 2 atom stereocenters. The van der Waals surface area contributed by atoms with Gasteiger partial charge in [0.25, 0.3) is 5.91 Å². The standard InChI is InChI=1S/C29H31N3O6S/c1-37-23-13-15-24(16-14-23)39(35,36)31-17-7-10-22(19-31)29(34)32-20-27(38-26-12-6-5-11-25(26)32)28(33)30-18-21-8-3-2-4-9-21/h2-6,8-9,11-16,22,27H,7,10,17-20H2,1H3,(H,30,33)/t22-,27+/m1/s1. The van der Waals surface area contributed by atoms with Crippen molar-refractivity contribution in [3.63, 3.8) is 0 Å². The van der Waals surface area contributed by atoms with E-state index in [1.165, 1.54) is 23.5 Å². The number of amides is 2. The zero-order valence-corrected chi connectivity index (χ0v) is 22.5. The van der Waals surface area contributed by atoms with Gasteiger partial charge in [-0.3, -0.25) is 9.59 Å². The Hall–Kier alpha value is -3.89. The fraction of sp³-hybridized carbons (Fsp3) is 0.310. The molecule has 0 saturated carbocycles. The molecule has 2 amide bonds. The van der Waals surface area contributed by atoms with Crippen molar-refractivity contribution in [1.29, 1.82) is 0 Å². The van der Waals surface area contributed by atoms with Gasteiger partial charge in [0, 0.05) is 19.6 Å². The Bertz CT molecular complexity index is 1430. The van der Waals surface area contributed by atoms with Gasteiger partial charge in [0.2, 0.25) is 15.9 Å². The number of carbonyl (C=O) groups is 2. The normalized spacial score (nSPS) is 19.5. The summed E-state index contributed by atoms with van der Waals surface area (Å²) in [6, 6.07) is 22.9. The van der Waals surface area contributed by atoms with E-state index in [9.17, 15) is 18.0 Å². The van der Waals surface area contributed by atoms with Gasteiger partial charge in [-0.05, 0) is 54.8 Å². The highest BCUT2D eigenvalue weighted by Crippen LogP contribution is 2.35. The molecule has 3 aromatic carbocycles. The number of nitrogens with one attached hydrogen (secondary N) is 1. The summed E-state index contributed by atoms with van der Waals surface area (Å²) >= 11 is 0. The van der Waals surface area contributed by atoms with Crippen LogP contribution in [-0.4, -0.2) is 57.4 Å². The molecule has 9 nitrogen and oxygen atoms in total. The number of hydrogen-bond donors (Lipinski definition) is 1. The number of sulfonamides is 1. The third kappa shape index (κ3) is 5.76. The molecule has 1 fully saturated rings. The van der Waals surface area contributed by atoms with Gasteiger partial charge >= 0.3 is 0 Å². The lowest BCUT2D eigenvalue weighted by Crippen LogP contribution is -2.53. The molecule has 0 aliphatic carbocycles. The number of benzene rings is 3. The van der Waals surface area contributed by atoms with Crippen LogP contribution in [-0.2, 0) is 26.2 Å². The SMILES string of the molecule is COc1ccc(S(=O)(=O)N2CCC[C@@H](C(=O)N3C[C@@H](C(=O)NCc4ccccc4)Oc4ccccc43)C2)cc1. The zero-order valence-electron chi connectivity index (χ0n) is 21.7. The molecule has 0 unspecified atom stereocenters. The van der Waals surface area contributed by atoms with E-state index in [1.807, 2.05) is 30.3 Å². The molecule has 10 heteroatoms. The van der Waals surface area contributed by atoms with Crippen LogP contribution in [0.1, 0.15) is 18.4 Å². The smallest absolute Gasteiger partial charge is 0.263 e. The van der Waals surface area contributed by atoms with Crippen LogP contribution < -0.4 is 19.7 Å². The first kappa shape index (κ1) is 26.7. The molecular formula is C29H31N3O6S. The van der Waals surface area contributed by atoms with Crippen LogP contribution in [0.5, 0.6) is 11.5 Å². The van der Waals surface area contributed by atoms with E-state index in [4.69, 9.17) is 9.47 Å². The van der Waals surface area contributed by atoms with Crippen molar-refractivity contribution in [2.45, 2.75) is 30.4 Å². The van der Waals surface area contributed by atoms with Crippen LogP contribution >= 0.6 is 0 Å². The Kier molecular flexibility index (Phi) is 7.85. The summed E-state index contributed by atoms with van der Waals surface area (Å²) in [5.41, 5.74) is 1.53. The molecule has 204 valence electrons. The van der Waals surface area contributed by atoms with Crippen LogP contribution in [0, 0.1) is 5.92 Å². The quantitative estimate of drug-likeness (QED) is 0.485. The van der Waals surface area contributed by atoms with E-state index >= 15 is 0 Å². The number of ether oxygens (including phenoxy) is 2. The van der Waals surface area contributed by atoms with Crippen molar-refractivity contribution >= 4 is 27.5 Å². The van der Waals surface area contributed by atoms with Crippen molar-refractivity contribution in [2.24, 2.45) is 5.92 Å². The molecule has 39 heavy (non-hydrogen) atoms. The van der Waals surface area contributed by atoms with Gasteiger partial charge in [-0.25, -0.2) is 8.42 Å². The molecule has 0 aromatic heterocycles. The second kappa shape index (κ2) is 11.5. The fourth-order valence-electron chi connectivity index (χ4n) is 4.96. The van der Waals surface area contributed by atoms with Crippen LogP contribution in [0.2, 0.25) is 0 Å². The predicted octanol–water partition coefficient (Wildman–Crippen LogP) is 3.21. The van der Waals surface area contributed by atoms with Crippen LogP contribution in [0.3, 0.4) is 0 Å². The first-order valence-electron chi connectivity index (χ1n) is 12.9. The minimum Gasteiger partial charge on any atom is -0.497 e.